The third kappa shape index (κ3) is 3.08. The van der Waals surface area contributed by atoms with E-state index in [1.807, 2.05) is 55.5 Å². The Labute approximate surface area is 101 Å². The van der Waals surface area contributed by atoms with Crippen molar-refractivity contribution in [3.8, 4) is 11.5 Å². The van der Waals surface area contributed by atoms with E-state index < -0.39 is 0 Å². The third-order valence-electron chi connectivity index (χ3n) is 2.60. The molecule has 0 saturated heterocycles. The van der Waals surface area contributed by atoms with Gasteiger partial charge in [-0.2, -0.15) is 0 Å². The minimum absolute atomic E-state index is 0.133. The molecule has 0 fully saturated rings. The van der Waals surface area contributed by atoms with Gasteiger partial charge in [-0.05, 0) is 37.1 Å². The Morgan fingerprint density at radius 1 is 1.00 bits per heavy atom. The monoisotopic (exact) mass is 228 g/mol. The van der Waals surface area contributed by atoms with E-state index in [1.54, 1.807) is 0 Å². The lowest BCUT2D eigenvalue weighted by Crippen LogP contribution is -1.95. The lowest BCUT2D eigenvalue weighted by Gasteiger charge is -2.10. The van der Waals surface area contributed by atoms with Crippen molar-refractivity contribution in [3.05, 3.63) is 59.7 Å². The Morgan fingerprint density at radius 2 is 1.71 bits per heavy atom. The van der Waals surface area contributed by atoms with Crippen LogP contribution >= 0.6 is 0 Å². The molecule has 17 heavy (non-hydrogen) atoms. The van der Waals surface area contributed by atoms with Crippen LogP contribution in [-0.4, -0.2) is 11.7 Å². The van der Waals surface area contributed by atoms with Crippen molar-refractivity contribution in [2.75, 3.05) is 6.61 Å². The molecule has 0 aliphatic rings. The first-order valence-electron chi connectivity index (χ1n) is 5.73. The van der Waals surface area contributed by atoms with Gasteiger partial charge in [0.2, 0.25) is 0 Å². The van der Waals surface area contributed by atoms with Gasteiger partial charge in [0, 0.05) is 6.61 Å². The molecule has 0 spiro atoms. The minimum Gasteiger partial charge on any atom is -0.457 e. The topological polar surface area (TPSA) is 29.5 Å². The van der Waals surface area contributed by atoms with Crippen LogP contribution in [0.2, 0.25) is 0 Å². The van der Waals surface area contributed by atoms with Crippen LogP contribution in [0.25, 0.3) is 0 Å². The van der Waals surface area contributed by atoms with Gasteiger partial charge in [0.25, 0.3) is 0 Å². The van der Waals surface area contributed by atoms with E-state index in [9.17, 15) is 0 Å². The van der Waals surface area contributed by atoms with Crippen LogP contribution in [0.5, 0.6) is 11.5 Å². The molecule has 0 aliphatic heterocycles. The summed E-state index contributed by atoms with van der Waals surface area (Å²) in [7, 11) is 0. The molecule has 0 aliphatic carbocycles. The molecule has 0 atom stereocenters. The second kappa shape index (κ2) is 5.51. The molecular formula is C15H16O2. The molecule has 0 unspecified atom stereocenters. The highest BCUT2D eigenvalue weighted by atomic mass is 16.5. The van der Waals surface area contributed by atoms with E-state index in [0.29, 0.717) is 6.42 Å². The van der Waals surface area contributed by atoms with E-state index in [-0.39, 0.29) is 6.61 Å². The fraction of sp³-hybridized carbons (Fsp3) is 0.200. The normalized spacial score (nSPS) is 10.2. The maximum absolute atomic E-state index is 8.99. The summed E-state index contributed by atoms with van der Waals surface area (Å²) in [5, 5.41) is 8.99. The lowest BCUT2D eigenvalue weighted by atomic mass is 10.1. The number of aliphatic hydroxyl groups excluding tert-OH is 1. The molecule has 2 rings (SSSR count). The highest BCUT2D eigenvalue weighted by Crippen LogP contribution is 2.25. The van der Waals surface area contributed by atoms with Gasteiger partial charge in [-0.25, -0.2) is 0 Å². The average Bonchev–Trinajstić information content (AvgIpc) is 2.35. The molecule has 0 heterocycles. The van der Waals surface area contributed by atoms with Crippen LogP contribution in [0.15, 0.2) is 48.5 Å². The minimum atomic E-state index is 0.133. The van der Waals surface area contributed by atoms with Crippen LogP contribution in [0.4, 0.5) is 0 Å². The van der Waals surface area contributed by atoms with Crippen molar-refractivity contribution in [1.29, 1.82) is 0 Å². The number of hydrogen-bond donors (Lipinski definition) is 1. The summed E-state index contributed by atoms with van der Waals surface area (Å²) in [5.41, 5.74) is 2.23. The maximum atomic E-state index is 8.99. The van der Waals surface area contributed by atoms with Crippen LogP contribution in [0, 0.1) is 6.92 Å². The van der Waals surface area contributed by atoms with Crippen LogP contribution < -0.4 is 4.74 Å². The van der Waals surface area contributed by atoms with Crippen molar-refractivity contribution in [2.24, 2.45) is 0 Å². The summed E-state index contributed by atoms with van der Waals surface area (Å²) in [6.07, 6.45) is 0.613. The Kier molecular flexibility index (Phi) is 3.78. The largest absolute Gasteiger partial charge is 0.457 e. The first-order valence-corrected chi connectivity index (χ1v) is 5.73. The molecular weight excluding hydrogens is 212 g/mol. The van der Waals surface area contributed by atoms with Crippen molar-refractivity contribution >= 4 is 0 Å². The molecule has 2 nitrogen and oxygen atoms in total. The quantitative estimate of drug-likeness (QED) is 0.869. The lowest BCUT2D eigenvalue weighted by molar-refractivity contribution is 0.298. The van der Waals surface area contributed by atoms with E-state index in [1.165, 1.54) is 5.56 Å². The van der Waals surface area contributed by atoms with Crippen molar-refractivity contribution < 1.29 is 9.84 Å². The smallest absolute Gasteiger partial charge is 0.130 e. The Morgan fingerprint density at radius 3 is 2.41 bits per heavy atom. The van der Waals surface area contributed by atoms with Gasteiger partial charge in [0.15, 0.2) is 0 Å². The third-order valence-corrected chi connectivity index (χ3v) is 2.60. The molecule has 0 saturated carbocycles. The number of hydrogen-bond acceptors (Lipinski definition) is 2. The number of aryl methyl sites for hydroxylation is 1. The van der Waals surface area contributed by atoms with Gasteiger partial charge >= 0.3 is 0 Å². The zero-order chi connectivity index (χ0) is 12.1. The molecule has 0 radical (unpaired) electrons. The highest BCUT2D eigenvalue weighted by molar-refractivity contribution is 5.38. The predicted octanol–water partition coefficient (Wildman–Crippen LogP) is 3.32. The molecule has 0 amide bonds. The van der Waals surface area contributed by atoms with E-state index >= 15 is 0 Å². The second-order valence-electron chi connectivity index (χ2n) is 4.00. The van der Waals surface area contributed by atoms with E-state index in [4.69, 9.17) is 9.84 Å². The summed E-state index contributed by atoms with van der Waals surface area (Å²) >= 11 is 0. The number of benzene rings is 2. The molecule has 0 bridgehead atoms. The van der Waals surface area contributed by atoms with E-state index in [2.05, 4.69) is 0 Å². The van der Waals surface area contributed by atoms with Gasteiger partial charge in [-0.15, -0.1) is 0 Å². The summed E-state index contributed by atoms with van der Waals surface area (Å²) in [4.78, 5) is 0. The molecule has 1 N–H and O–H groups in total. The second-order valence-corrected chi connectivity index (χ2v) is 4.00. The summed E-state index contributed by atoms with van der Waals surface area (Å²) in [6.45, 7) is 2.18. The molecule has 0 aromatic heterocycles. The first-order chi connectivity index (χ1) is 8.29. The average molecular weight is 228 g/mol. The summed E-state index contributed by atoms with van der Waals surface area (Å²) in [5.74, 6) is 1.63. The zero-order valence-electron chi connectivity index (χ0n) is 9.89. The predicted molar refractivity (Wildman–Crippen MR) is 68.5 cm³/mol. The van der Waals surface area contributed by atoms with Crippen LogP contribution in [0.3, 0.4) is 0 Å². The molecule has 88 valence electrons. The standard InChI is InChI=1S/C15H16O2/c1-12-6-8-14(9-7-12)17-15-5-3-2-4-13(15)10-11-16/h2-9,16H,10-11H2,1H3. The van der Waals surface area contributed by atoms with E-state index in [0.717, 1.165) is 17.1 Å². The van der Waals surface area contributed by atoms with Gasteiger partial charge in [-0.3, -0.25) is 0 Å². The summed E-state index contributed by atoms with van der Waals surface area (Å²) < 4.78 is 5.81. The molecule has 2 heteroatoms. The fourth-order valence-corrected chi connectivity index (χ4v) is 1.66. The summed E-state index contributed by atoms with van der Waals surface area (Å²) in [6, 6.07) is 15.7. The van der Waals surface area contributed by atoms with Gasteiger partial charge in [-0.1, -0.05) is 35.9 Å². The van der Waals surface area contributed by atoms with Crippen molar-refractivity contribution in [1.82, 2.24) is 0 Å². The Balaban J connectivity index is 2.20. The number of para-hydroxylation sites is 1. The zero-order valence-corrected chi connectivity index (χ0v) is 9.89. The SMILES string of the molecule is Cc1ccc(Oc2ccccc2CCO)cc1. The Hall–Kier alpha value is -1.80. The van der Waals surface area contributed by atoms with Crippen LogP contribution in [-0.2, 0) is 6.42 Å². The van der Waals surface area contributed by atoms with Crippen molar-refractivity contribution in [3.63, 3.8) is 0 Å². The number of rotatable bonds is 4. The van der Waals surface area contributed by atoms with Crippen LogP contribution in [0.1, 0.15) is 11.1 Å². The van der Waals surface area contributed by atoms with Crippen molar-refractivity contribution in [2.45, 2.75) is 13.3 Å². The first kappa shape index (κ1) is 11.7. The van der Waals surface area contributed by atoms with Gasteiger partial charge < -0.3 is 9.84 Å². The Bertz CT molecular complexity index is 475. The molecule has 2 aromatic carbocycles. The number of aliphatic hydroxyl groups is 1. The molecule has 2 aromatic rings. The van der Waals surface area contributed by atoms with Gasteiger partial charge in [0.05, 0.1) is 0 Å². The number of ether oxygens (including phenoxy) is 1. The highest BCUT2D eigenvalue weighted by Gasteiger charge is 2.03. The maximum Gasteiger partial charge on any atom is 0.130 e. The fourth-order valence-electron chi connectivity index (χ4n) is 1.66. The van der Waals surface area contributed by atoms with Gasteiger partial charge in [0.1, 0.15) is 11.5 Å².